The number of amides is 1. The summed E-state index contributed by atoms with van der Waals surface area (Å²) in [5.41, 5.74) is 1.40. The number of hydrogen-bond acceptors (Lipinski definition) is 5. The minimum absolute atomic E-state index is 0.207. The van der Waals surface area contributed by atoms with Crippen molar-refractivity contribution in [1.82, 2.24) is 15.2 Å². The molecule has 2 rings (SSSR count). The van der Waals surface area contributed by atoms with Gasteiger partial charge in [-0.1, -0.05) is 18.3 Å². The molecule has 18 heavy (non-hydrogen) atoms. The predicted octanol–water partition coefficient (Wildman–Crippen LogP) is 2.45. The highest BCUT2D eigenvalue weighted by atomic mass is 32.1. The van der Waals surface area contributed by atoms with E-state index >= 15 is 0 Å². The highest BCUT2D eigenvalue weighted by Gasteiger charge is 2.09. The fourth-order valence-electron chi connectivity index (χ4n) is 1.39. The molecule has 5 nitrogen and oxygen atoms in total. The molecule has 0 saturated carbocycles. The maximum absolute atomic E-state index is 11.9. The fraction of sp³-hybridized carbons (Fsp3) is 0.333. The van der Waals surface area contributed by atoms with Crippen molar-refractivity contribution in [2.24, 2.45) is 0 Å². The third-order valence-corrected chi connectivity index (χ3v) is 3.22. The van der Waals surface area contributed by atoms with Gasteiger partial charge in [0, 0.05) is 18.3 Å². The number of carbonyl (C=O) groups excluding carboxylic acids is 1. The highest BCUT2D eigenvalue weighted by Crippen LogP contribution is 2.17. The van der Waals surface area contributed by atoms with Crippen LogP contribution in [-0.2, 0) is 6.42 Å². The summed E-state index contributed by atoms with van der Waals surface area (Å²) in [5, 5.41) is 12.1. The summed E-state index contributed by atoms with van der Waals surface area (Å²) in [5.74, 6) is -0.207. The SMILES string of the molecule is CCCc1nnc(NC(=O)c2ccc(C)nc2)s1. The molecule has 94 valence electrons. The van der Waals surface area contributed by atoms with Gasteiger partial charge in [-0.2, -0.15) is 0 Å². The topological polar surface area (TPSA) is 67.8 Å². The van der Waals surface area contributed by atoms with Crippen molar-refractivity contribution in [3.63, 3.8) is 0 Å². The van der Waals surface area contributed by atoms with Crippen molar-refractivity contribution in [1.29, 1.82) is 0 Å². The smallest absolute Gasteiger partial charge is 0.259 e. The number of rotatable bonds is 4. The minimum Gasteiger partial charge on any atom is -0.296 e. The summed E-state index contributed by atoms with van der Waals surface area (Å²) in [7, 11) is 0. The number of anilines is 1. The average molecular weight is 262 g/mol. The molecule has 0 spiro atoms. The van der Waals surface area contributed by atoms with E-state index in [9.17, 15) is 4.79 Å². The van der Waals surface area contributed by atoms with Crippen LogP contribution in [0.15, 0.2) is 18.3 Å². The van der Waals surface area contributed by atoms with Gasteiger partial charge in [0.15, 0.2) is 0 Å². The van der Waals surface area contributed by atoms with Gasteiger partial charge >= 0.3 is 0 Å². The van der Waals surface area contributed by atoms with Gasteiger partial charge in [-0.05, 0) is 25.5 Å². The van der Waals surface area contributed by atoms with E-state index in [1.54, 1.807) is 18.3 Å². The van der Waals surface area contributed by atoms with Gasteiger partial charge in [0.05, 0.1) is 5.56 Å². The summed E-state index contributed by atoms with van der Waals surface area (Å²) in [6.07, 6.45) is 3.46. The first-order valence-electron chi connectivity index (χ1n) is 5.75. The number of carbonyl (C=O) groups is 1. The number of pyridine rings is 1. The highest BCUT2D eigenvalue weighted by molar-refractivity contribution is 7.15. The predicted molar refractivity (Wildman–Crippen MR) is 70.8 cm³/mol. The Kier molecular flexibility index (Phi) is 3.99. The van der Waals surface area contributed by atoms with Crippen LogP contribution in [0.5, 0.6) is 0 Å². The summed E-state index contributed by atoms with van der Waals surface area (Å²) < 4.78 is 0. The molecule has 1 N–H and O–H groups in total. The number of aromatic nitrogens is 3. The van der Waals surface area contributed by atoms with Crippen molar-refractivity contribution in [3.05, 3.63) is 34.6 Å². The number of nitrogens with one attached hydrogen (secondary N) is 1. The Bertz CT molecular complexity index is 535. The Balaban J connectivity index is 2.04. The van der Waals surface area contributed by atoms with E-state index in [-0.39, 0.29) is 5.91 Å². The van der Waals surface area contributed by atoms with Gasteiger partial charge < -0.3 is 0 Å². The Labute approximate surface area is 109 Å². The quantitative estimate of drug-likeness (QED) is 0.919. The maximum atomic E-state index is 11.9. The monoisotopic (exact) mass is 262 g/mol. The van der Waals surface area contributed by atoms with Crippen molar-refractivity contribution in [3.8, 4) is 0 Å². The molecule has 0 atom stereocenters. The Morgan fingerprint density at radius 2 is 2.22 bits per heavy atom. The molecule has 2 aromatic rings. The maximum Gasteiger partial charge on any atom is 0.259 e. The lowest BCUT2D eigenvalue weighted by molar-refractivity contribution is 0.102. The van der Waals surface area contributed by atoms with Gasteiger partial charge in [-0.15, -0.1) is 10.2 Å². The molecule has 0 unspecified atom stereocenters. The molecule has 0 aliphatic carbocycles. The van der Waals surface area contributed by atoms with Gasteiger partial charge in [0.25, 0.3) is 5.91 Å². The molecule has 0 radical (unpaired) electrons. The van der Waals surface area contributed by atoms with Crippen LogP contribution < -0.4 is 5.32 Å². The van der Waals surface area contributed by atoms with Gasteiger partial charge in [-0.3, -0.25) is 15.1 Å². The van der Waals surface area contributed by atoms with Gasteiger partial charge in [0.1, 0.15) is 5.01 Å². The molecule has 0 saturated heterocycles. The Morgan fingerprint density at radius 3 is 2.89 bits per heavy atom. The fourth-order valence-corrected chi connectivity index (χ4v) is 2.23. The average Bonchev–Trinajstić information content (AvgIpc) is 2.78. The molecule has 0 aliphatic rings. The first-order chi connectivity index (χ1) is 8.69. The molecule has 0 aromatic carbocycles. The van der Waals surface area contributed by atoms with Crippen LogP contribution in [0.25, 0.3) is 0 Å². The molecule has 0 bridgehead atoms. The molecular weight excluding hydrogens is 248 g/mol. The van der Waals surface area contributed by atoms with Crippen LogP contribution in [0.2, 0.25) is 0 Å². The number of nitrogens with zero attached hydrogens (tertiary/aromatic N) is 3. The summed E-state index contributed by atoms with van der Waals surface area (Å²) in [4.78, 5) is 16.0. The summed E-state index contributed by atoms with van der Waals surface area (Å²) >= 11 is 1.41. The van der Waals surface area contributed by atoms with Crippen molar-refractivity contribution < 1.29 is 4.79 Å². The van der Waals surface area contributed by atoms with Crippen LogP contribution >= 0.6 is 11.3 Å². The summed E-state index contributed by atoms with van der Waals surface area (Å²) in [6.45, 7) is 3.96. The van der Waals surface area contributed by atoms with Crippen LogP contribution in [0.4, 0.5) is 5.13 Å². The third kappa shape index (κ3) is 3.10. The standard InChI is InChI=1S/C12H14N4OS/c1-3-4-10-15-16-12(18-10)14-11(17)9-6-5-8(2)13-7-9/h5-7H,3-4H2,1-2H3,(H,14,16,17). The lowest BCUT2D eigenvalue weighted by atomic mass is 10.2. The van der Waals surface area contributed by atoms with Crippen LogP contribution in [0, 0.1) is 6.92 Å². The van der Waals surface area contributed by atoms with Crippen molar-refractivity contribution >= 4 is 22.4 Å². The number of aryl methyl sites for hydroxylation is 2. The molecule has 2 aromatic heterocycles. The van der Waals surface area contributed by atoms with E-state index in [4.69, 9.17) is 0 Å². The van der Waals surface area contributed by atoms with Crippen molar-refractivity contribution in [2.75, 3.05) is 5.32 Å². The lowest BCUT2D eigenvalue weighted by Gasteiger charge is -2.00. The van der Waals surface area contributed by atoms with E-state index in [1.807, 2.05) is 6.92 Å². The largest absolute Gasteiger partial charge is 0.296 e. The zero-order valence-corrected chi connectivity index (χ0v) is 11.1. The first kappa shape index (κ1) is 12.6. The third-order valence-electron chi connectivity index (χ3n) is 2.32. The van der Waals surface area contributed by atoms with Crippen molar-refractivity contribution in [2.45, 2.75) is 26.7 Å². The molecular formula is C12H14N4OS. The van der Waals surface area contributed by atoms with Gasteiger partial charge in [-0.25, -0.2) is 0 Å². The second kappa shape index (κ2) is 5.68. The molecule has 2 heterocycles. The van der Waals surface area contributed by atoms with E-state index in [1.165, 1.54) is 11.3 Å². The normalized spacial score (nSPS) is 10.3. The Morgan fingerprint density at radius 1 is 1.39 bits per heavy atom. The second-order valence-electron chi connectivity index (χ2n) is 3.89. The van der Waals surface area contributed by atoms with Crippen LogP contribution in [-0.4, -0.2) is 21.1 Å². The zero-order valence-electron chi connectivity index (χ0n) is 10.3. The zero-order chi connectivity index (χ0) is 13.0. The molecule has 6 heteroatoms. The van der Waals surface area contributed by atoms with E-state index in [2.05, 4.69) is 27.4 Å². The number of hydrogen-bond donors (Lipinski definition) is 1. The lowest BCUT2D eigenvalue weighted by Crippen LogP contribution is -2.12. The minimum atomic E-state index is -0.207. The molecule has 0 aliphatic heterocycles. The van der Waals surface area contributed by atoms with Crippen LogP contribution in [0.1, 0.15) is 34.4 Å². The van der Waals surface area contributed by atoms with Gasteiger partial charge in [0.2, 0.25) is 5.13 Å². The molecule has 1 amide bonds. The van der Waals surface area contributed by atoms with E-state index in [0.29, 0.717) is 10.7 Å². The summed E-state index contributed by atoms with van der Waals surface area (Å²) in [6, 6.07) is 3.54. The second-order valence-corrected chi connectivity index (χ2v) is 4.96. The molecule has 0 fully saturated rings. The van der Waals surface area contributed by atoms with E-state index in [0.717, 1.165) is 23.5 Å². The van der Waals surface area contributed by atoms with Crippen LogP contribution in [0.3, 0.4) is 0 Å². The first-order valence-corrected chi connectivity index (χ1v) is 6.57. The van der Waals surface area contributed by atoms with E-state index < -0.39 is 0 Å². The Hall–Kier alpha value is -1.82.